The molecule has 3 atom stereocenters. The van der Waals surface area contributed by atoms with Crippen molar-refractivity contribution in [2.24, 2.45) is 5.92 Å². The van der Waals surface area contributed by atoms with Crippen molar-refractivity contribution in [1.29, 1.82) is 0 Å². The molecule has 0 unspecified atom stereocenters. The average Bonchev–Trinajstić information content (AvgIpc) is 2.80. The van der Waals surface area contributed by atoms with E-state index in [1.165, 1.54) is 41.2 Å². The number of anilines is 1. The number of aliphatic hydroxyl groups excluding tert-OH is 1. The van der Waals surface area contributed by atoms with E-state index >= 15 is 0 Å². The van der Waals surface area contributed by atoms with Gasteiger partial charge in [-0.25, -0.2) is 9.18 Å². The molecular formula is C24H30Cl2FN3O4. The number of methoxy groups -OCH3 is 1. The summed E-state index contributed by atoms with van der Waals surface area (Å²) in [6, 6.07) is 9.13. The van der Waals surface area contributed by atoms with Gasteiger partial charge in [-0.05, 0) is 49.4 Å². The summed E-state index contributed by atoms with van der Waals surface area (Å²) in [5, 5.41) is 13.1. The van der Waals surface area contributed by atoms with Crippen molar-refractivity contribution >= 4 is 40.8 Å². The molecule has 0 radical (unpaired) electrons. The van der Waals surface area contributed by atoms with E-state index in [9.17, 15) is 19.1 Å². The maximum atomic E-state index is 13.2. The maximum absolute atomic E-state index is 13.2. The van der Waals surface area contributed by atoms with Gasteiger partial charge in [0.2, 0.25) is 0 Å². The Morgan fingerprint density at radius 1 is 1.09 bits per heavy atom. The highest BCUT2D eigenvalue weighted by Crippen LogP contribution is 2.21. The molecule has 2 N–H and O–H groups in total. The molecule has 0 aliphatic rings. The molecule has 0 saturated carbocycles. The van der Waals surface area contributed by atoms with Crippen molar-refractivity contribution in [1.82, 2.24) is 9.80 Å². The Morgan fingerprint density at radius 3 is 2.21 bits per heavy atom. The van der Waals surface area contributed by atoms with E-state index in [1.807, 2.05) is 6.92 Å². The third-order valence-electron chi connectivity index (χ3n) is 5.48. The van der Waals surface area contributed by atoms with Crippen molar-refractivity contribution in [3.63, 3.8) is 0 Å². The van der Waals surface area contributed by atoms with Gasteiger partial charge in [-0.15, -0.1) is 0 Å². The Balaban J connectivity index is 2.09. The minimum Gasteiger partial charge on any atom is -0.394 e. The third kappa shape index (κ3) is 7.84. The first kappa shape index (κ1) is 27.9. The Morgan fingerprint density at radius 2 is 1.68 bits per heavy atom. The molecule has 0 aliphatic heterocycles. The summed E-state index contributed by atoms with van der Waals surface area (Å²) < 4.78 is 18.8. The second-order valence-corrected chi connectivity index (χ2v) is 9.09. The molecule has 0 aromatic heterocycles. The number of nitrogens with one attached hydrogen (secondary N) is 1. The molecule has 3 amide bonds. The molecule has 7 nitrogen and oxygen atoms in total. The minimum atomic E-state index is -0.478. The van der Waals surface area contributed by atoms with Gasteiger partial charge in [-0.2, -0.15) is 0 Å². The molecule has 0 aliphatic carbocycles. The smallest absolute Gasteiger partial charge is 0.322 e. The highest BCUT2D eigenvalue weighted by atomic mass is 35.5. The maximum Gasteiger partial charge on any atom is 0.322 e. The first-order chi connectivity index (χ1) is 16.0. The normalized spacial score (nSPS) is 13.6. The van der Waals surface area contributed by atoms with Crippen LogP contribution in [0.5, 0.6) is 0 Å². The lowest BCUT2D eigenvalue weighted by molar-refractivity contribution is 0.0183. The molecule has 10 heteroatoms. The number of benzene rings is 2. The zero-order valence-electron chi connectivity index (χ0n) is 19.6. The van der Waals surface area contributed by atoms with Crippen LogP contribution >= 0.6 is 23.2 Å². The lowest BCUT2D eigenvalue weighted by Gasteiger charge is -2.34. The summed E-state index contributed by atoms with van der Waals surface area (Å²) in [6.07, 6.45) is -0.407. The van der Waals surface area contributed by atoms with E-state index in [0.29, 0.717) is 21.3 Å². The fourth-order valence-electron chi connectivity index (χ4n) is 3.46. The van der Waals surface area contributed by atoms with Gasteiger partial charge in [0.05, 0.1) is 18.8 Å². The van der Waals surface area contributed by atoms with Crippen LogP contribution in [-0.2, 0) is 4.74 Å². The fraction of sp³-hybridized carbons (Fsp3) is 0.417. The average molecular weight is 514 g/mol. The monoisotopic (exact) mass is 513 g/mol. The van der Waals surface area contributed by atoms with Gasteiger partial charge in [0, 0.05) is 54.5 Å². The molecule has 0 saturated heterocycles. The van der Waals surface area contributed by atoms with Crippen LogP contribution in [-0.4, -0.2) is 72.8 Å². The molecule has 34 heavy (non-hydrogen) atoms. The van der Waals surface area contributed by atoms with Crippen molar-refractivity contribution < 1.29 is 23.8 Å². The van der Waals surface area contributed by atoms with Gasteiger partial charge < -0.3 is 25.0 Å². The number of carbonyl (C=O) groups is 2. The quantitative estimate of drug-likeness (QED) is 0.479. The van der Waals surface area contributed by atoms with E-state index < -0.39 is 24.0 Å². The van der Waals surface area contributed by atoms with Gasteiger partial charge >= 0.3 is 6.03 Å². The number of amides is 3. The molecular weight excluding hydrogens is 484 g/mol. The summed E-state index contributed by atoms with van der Waals surface area (Å²) in [6.45, 7) is 3.87. The van der Waals surface area contributed by atoms with E-state index in [4.69, 9.17) is 27.9 Å². The number of carbonyl (C=O) groups excluding carboxylic acids is 2. The standard InChI is InChI=1S/C24H30Cl2FN3O4/c1-15(12-30(16(2)14-31)24(33)28-21-7-5-20(27)6-8-21)22(34-4)13-29(3)23(32)17-9-18(25)11-19(26)10-17/h5-11,15-16,22,31H,12-14H2,1-4H3,(H,28,33)/t15-,16-,22-/m1/s1. The van der Waals surface area contributed by atoms with Crippen LogP contribution < -0.4 is 5.32 Å². The summed E-state index contributed by atoms with van der Waals surface area (Å²) in [7, 11) is 3.18. The largest absolute Gasteiger partial charge is 0.394 e. The first-order valence-corrected chi connectivity index (χ1v) is 11.5. The number of hydrogen-bond donors (Lipinski definition) is 2. The van der Waals surface area contributed by atoms with Crippen LogP contribution in [0.2, 0.25) is 10.0 Å². The van der Waals surface area contributed by atoms with Crippen LogP contribution in [0.25, 0.3) is 0 Å². The number of rotatable bonds is 10. The second kappa shape index (κ2) is 12.9. The summed E-state index contributed by atoms with van der Waals surface area (Å²) in [5.41, 5.74) is 0.791. The highest BCUT2D eigenvalue weighted by molar-refractivity contribution is 6.35. The minimum absolute atomic E-state index is 0.198. The van der Waals surface area contributed by atoms with E-state index in [1.54, 1.807) is 32.2 Å². The Bertz CT molecular complexity index is 957. The van der Waals surface area contributed by atoms with Gasteiger partial charge in [-0.3, -0.25) is 4.79 Å². The SMILES string of the molecule is CO[C@H](CN(C)C(=O)c1cc(Cl)cc(Cl)c1)[C@H](C)CN(C(=O)Nc1ccc(F)cc1)[C@H](C)CO. The molecule has 0 bridgehead atoms. The molecule has 0 spiro atoms. The van der Waals surface area contributed by atoms with Crippen molar-refractivity contribution in [3.05, 3.63) is 63.9 Å². The molecule has 186 valence electrons. The predicted octanol–water partition coefficient (Wildman–Crippen LogP) is 4.77. The van der Waals surface area contributed by atoms with Crippen LogP contribution in [0.4, 0.5) is 14.9 Å². The molecule has 2 aromatic rings. The molecule has 0 heterocycles. The molecule has 2 rings (SSSR count). The number of likely N-dealkylation sites (N-methyl/N-ethyl adjacent to an activating group) is 1. The molecule has 0 fully saturated rings. The van der Waals surface area contributed by atoms with Crippen LogP contribution in [0.3, 0.4) is 0 Å². The first-order valence-electron chi connectivity index (χ1n) is 10.7. The predicted molar refractivity (Wildman–Crippen MR) is 132 cm³/mol. The zero-order chi connectivity index (χ0) is 25.4. The van der Waals surface area contributed by atoms with Gasteiger partial charge in [0.15, 0.2) is 0 Å². The number of halogens is 3. The number of nitrogens with zero attached hydrogens (tertiary/aromatic N) is 2. The fourth-order valence-corrected chi connectivity index (χ4v) is 3.98. The second-order valence-electron chi connectivity index (χ2n) is 8.22. The number of aliphatic hydroxyl groups is 1. The highest BCUT2D eigenvalue weighted by Gasteiger charge is 2.28. The topological polar surface area (TPSA) is 82.1 Å². The zero-order valence-corrected chi connectivity index (χ0v) is 21.1. The van der Waals surface area contributed by atoms with E-state index in [0.717, 1.165) is 0 Å². The van der Waals surface area contributed by atoms with Gasteiger partial charge in [0.1, 0.15) is 5.82 Å². The lowest BCUT2D eigenvalue weighted by Crippen LogP contribution is -2.48. The van der Waals surface area contributed by atoms with E-state index in [-0.39, 0.29) is 31.5 Å². The summed E-state index contributed by atoms with van der Waals surface area (Å²) >= 11 is 12.0. The van der Waals surface area contributed by atoms with Crippen molar-refractivity contribution in [2.75, 3.05) is 39.2 Å². The van der Waals surface area contributed by atoms with Crippen molar-refractivity contribution in [2.45, 2.75) is 26.0 Å². The van der Waals surface area contributed by atoms with Gasteiger partial charge in [0.25, 0.3) is 5.91 Å². The van der Waals surface area contributed by atoms with Crippen LogP contribution in [0, 0.1) is 11.7 Å². The Labute approximate surface area is 209 Å². The van der Waals surface area contributed by atoms with Crippen LogP contribution in [0.15, 0.2) is 42.5 Å². The Hall–Kier alpha value is -2.39. The number of hydrogen-bond acceptors (Lipinski definition) is 4. The number of urea groups is 1. The third-order valence-corrected chi connectivity index (χ3v) is 5.92. The molecule has 2 aromatic carbocycles. The Kier molecular flexibility index (Phi) is 10.6. The summed E-state index contributed by atoms with van der Waals surface area (Å²) in [4.78, 5) is 28.7. The van der Waals surface area contributed by atoms with Crippen molar-refractivity contribution in [3.8, 4) is 0 Å². The number of ether oxygens (including phenoxy) is 1. The van der Waals surface area contributed by atoms with Crippen LogP contribution in [0.1, 0.15) is 24.2 Å². The summed E-state index contributed by atoms with van der Waals surface area (Å²) in [5.74, 6) is -0.877. The van der Waals surface area contributed by atoms with Gasteiger partial charge in [-0.1, -0.05) is 30.1 Å². The lowest BCUT2D eigenvalue weighted by atomic mass is 10.0. The van der Waals surface area contributed by atoms with E-state index in [2.05, 4.69) is 5.32 Å².